The van der Waals surface area contributed by atoms with Gasteiger partial charge in [0.05, 0.1) is 16.6 Å². The Balaban J connectivity index is 2.37. The number of benzene rings is 2. The molecular formula is C13H7BrFNO4. The number of carbonyl (C=O) groups is 1. The Hall–Kier alpha value is -2.28. The average molecular weight is 340 g/mol. The molecule has 20 heavy (non-hydrogen) atoms. The van der Waals surface area contributed by atoms with Crippen LogP contribution in [0.1, 0.15) is 10.4 Å². The summed E-state index contributed by atoms with van der Waals surface area (Å²) < 4.78 is 19.6. The number of rotatable bonds is 4. The van der Waals surface area contributed by atoms with Crippen LogP contribution in [0.25, 0.3) is 0 Å². The molecule has 2 aromatic carbocycles. The molecule has 0 spiro atoms. The summed E-state index contributed by atoms with van der Waals surface area (Å²) in [5.41, 5.74) is -0.134. The van der Waals surface area contributed by atoms with E-state index in [4.69, 9.17) is 4.74 Å². The van der Waals surface area contributed by atoms with Crippen LogP contribution in [-0.2, 0) is 0 Å². The van der Waals surface area contributed by atoms with Crippen LogP contribution < -0.4 is 4.74 Å². The second-order valence-electron chi connectivity index (χ2n) is 3.77. The first kappa shape index (κ1) is 14.1. The normalized spacial score (nSPS) is 10.1. The summed E-state index contributed by atoms with van der Waals surface area (Å²) in [6, 6.07) is 7.68. The fraction of sp³-hybridized carbons (Fsp3) is 0. The summed E-state index contributed by atoms with van der Waals surface area (Å²) in [4.78, 5) is 20.7. The number of hydrogen-bond acceptors (Lipinski definition) is 4. The quantitative estimate of drug-likeness (QED) is 0.477. The molecule has 0 aromatic heterocycles. The van der Waals surface area contributed by atoms with Gasteiger partial charge in [0, 0.05) is 10.5 Å². The zero-order chi connectivity index (χ0) is 14.7. The Morgan fingerprint density at radius 1 is 1.20 bits per heavy atom. The van der Waals surface area contributed by atoms with E-state index in [0.29, 0.717) is 10.8 Å². The van der Waals surface area contributed by atoms with Crippen LogP contribution in [0.3, 0.4) is 0 Å². The first-order valence-corrected chi connectivity index (χ1v) is 6.17. The SMILES string of the molecule is O=Cc1ccc(Br)cc1Oc1ccc([N+](=O)[O-])cc1F. The van der Waals surface area contributed by atoms with Gasteiger partial charge in [-0.1, -0.05) is 15.9 Å². The molecule has 0 saturated carbocycles. The lowest BCUT2D eigenvalue weighted by Gasteiger charge is -2.09. The number of nitrogens with zero attached hydrogens (tertiary/aromatic N) is 1. The lowest BCUT2D eigenvalue weighted by molar-refractivity contribution is -0.385. The standard InChI is InChI=1S/C13H7BrFNO4/c14-9-2-1-8(7-17)13(5-9)20-12-4-3-10(16(18)19)6-11(12)15/h1-7H. The lowest BCUT2D eigenvalue weighted by atomic mass is 10.2. The predicted octanol–water partition coefficient (Wildman–Crippen LogP) is 4.10. The highest BCUT2D eigenvalue weighted by atomic mass is 79.9. The van der Waals surface area contributed by atoms with E-state index >= 15 is 0 Å². The zero-order valence-electron chi connectivity index (χ0n) is 9.88. The Kier molecular flexibility index (Phi) is 4.09. The summed E-state index contributed by atoms with van der Waals surface area (Å²) in [6.07, 6.45) is 0.574. The van der Waals surface area contributed by atoms with Gasteiger partial charge >= 0.3 is 0 Å². The van der Waals surface area contributed by atoms with E-state index in [2.05, 4.69) is 15.9 Å². The van der Waals surface area contributed by atoms with Crippen LogP contribution in [-0.4, -0.2) is 11.2 Å². The summed E-state index contributed by atoms with van der Waals surface area (Å²) in [5, 5.41) is 10.5. The molecule has 2 aromatic rings. The van der Waals surface area contributed by atoms with E-state index in [9.17, 15) is 19.3 Å². The fourth-order valence-corrected chi connectivity index (χ4v) is 1.84. The Morgan fingerprint density at radius 3 is 2.55 bits per heavy atom. The number of non-ortho nitro benzene ring substituents is 1. The van der Waals surface area contributed by atoms with Crippen molar-refractivity contribution in [3.63, 3.8) is 0 Å². The monoisotopic (exact) mass is 339 g/mol. The molecule has 5 nitrogen and oxygen atoms in total. The minimum Gasteiger partial charge on any atom is -0.453 e. The smallest absolute Gasteiger partial charge is 0.272 e. The van der Waals surface area contributed by atoms with Gasteiger partial charge in [-0.25, -0.2) is 4.39 Å². The molecule has 7 heteroatoms. The number of hydrogen-bond donors (Lipinski definition) is 0. The molecule has 0 aliphatic rings. The first-order valence-electron chi connectivity index (χ1n) is 5.38. The maximum Gasteiger partial charge on any atom is 0.272 e. The van der Waals surface area contributed by atoms with E-state index in [0.717, 1.165) is 18.2 Å². The van der Waals surface area contributed by atoms with Crippen LogP contribution in [0.15, 0.2) is 40.9 Å². The largest absolute Gasteiger partial charge is 0.453 e. The summed E-state index contributed by atoms with van der Waals surface area (Å²) >= 11 is 3.21. The van der Waals surface area contributed by atoms with Crippen LogP contribution in [0, 0.1) is 15.9 Å². The van der Waals surface area contributed by atoms with Gasteiger partial charge in [-0.05, 0) is 24.3 Å². The van der Waals surface area contributed by atoms with E-state index in [-0.39, 0.29) is 22.7 Å². The average Bonchev–Trinajstić information content (AvgIpc) is 2.41. The second kappa shape index (κ2) is 5.79. The van der Waals surface area contributed by atoms with E-state index in [1.807, 2.05) is 0 Å². The van der Waals surface area contributed by atoms with Crippen molar-refractivity contribution >= 4 is 27.9 Å². The van der Waals surface area contributed by atoms with Gasteiger partial charge in [-0.2, -0.15) is 0 Å². The number of halogens is 2. The third-order valence-electron chi connectivity index (χ3n) is 2.45. The number of ether oxygens (including phenoxy) is 1. The van der Waals surface area contributed by atoms with Crippen molar-refractivity contribution in [1.82, 2.24) is 0 Å². The molecule has 0 bridgehead atoms. The topological polar surface area (TPSA) is 69.4 Å². The number of nitro benzene ring substituents is 1. The van der Waals surface area contributed by atoms with E-state index in [1.54, 1.807) is 6.07 Å². The van der Waals surface area contributed by atoms with Crippen molar-refractivity contribution in [2.24, 2.45) is 0 Å². The minimum atomic E-state index is -0.879. The molecule has 0 aliphatic heterocycles. The van der Waals surface area contributed by atoms with Crippen LogP contribution in [0.4, 0.5) is 10.1 Å². The highest BCUT2D eigenvalue weighted by molar-refractivity contribution is 9.10. The molecule has 0 radical (unpaired) electrons. The van der Waals surface area contributed by atoms with E-state index in [1.165, 1.54) is 12.1 Å². The molecule has 0 atom stereocenters. The fourth-order valence-electron chi connectivity index (χ4n) is 1.50. The summed E-state index contributed by atoms with van der Waals surface area (Å²) in [7, 11) is 0. The lowest BCUT2D eigenvalue weighted by Crippen LogP contribution is -1.95. The van der Waals surface area contributed by atoms with Crippen LogP contribution in [0.5, 0.6) is 11.5 Å². The molecule has 102 valence electrons. The third kappa shape index (κ3) is 3.00. The first-order chi connectivity index (χ1) is 9.51. The Bertz CT molecular complexity index is 690. The van der Waals surface area contributed by atoms with Crippen molar-refractivity contribution in [3.05, 3.63) is 62.4 Å². The zero-order valence-corrected chi connectivity index (χ0v) is 11.5. The molecule has 0 unspecified atom stereocenters. The van der Waals surface area contributed by atoms with Gasteiger partial charge in [0.2, 0.25) is 0 Å². The predicted molar refractivity (Wildman–Crippen MR) is 72.7 cm³/mol. The number of nitro groups is 1. The molecular weight excluding hydrogens is 333 g/mol. The molecule has 0 amide bonds. The van der Waals surface area contributed by atoms with E-state index < -0.39 is 10.7 Å². The highest BCUT2D eigenvalue weighted by Crippen LogP contribution is 2.30. The van der Waals surface area contributed by atoms with Crippen molar-refractivity contribution < 1.29 is 18.8 Å². The van der Waals surface area contributed by atoms with Crippen molar-refractivity contribution in [2.45, 2.75) is 0 Å². The maximum absolute atomic E-state index is 13.7. The highest BCUT2D eigenvalue weighted by Gasteiger charge is 2.13. The number of carbonyl (C=O) groups excluding carboxylic acids is 1. The van der Waals surface area contributed by atoms with Crippen molar-refractivity contribution in [1.29, 1.82) is 0 Å². The second-order valence-corrected chi connectivity index (χ2v) is 4.69. The molecule has 2 rings (SSSR count). The van der Waals surface area contributed by atoms with Gasteiger partial charge in [0.15, 0.2) is 17.9 Å². The summed E-state index contributed by atoms with van der Waals surface area (Å²) in [6.45, 7) is 0. The molecule has 0 saturated heterocycles. The maximum atomic E-state index is 13.7. The van der Waals surface area contributed by atoms with Crippen LogP contribution >= 0.6 is 15.9 Å². The van der Waals surface area contributed by atoms with Crippen molar-refractivity contribution in [3.8, 4) is 11.5 Å². The summed E-state index contributed by atoms with van der Waals surface area (Å²) in [5.74, 6) is -0.921. The van der Waals surface area contributed by atoms with Crippen molar-refractivity contribution in [2.75, 3.05) is 0 Å². The minimum absolute atomic E-state index is 0.155. The molecule has 0 N–H and O–H groups in total. The van der Waals surface area contributed by atoms with Crippen LogP contribution in [0.2, 0.25) is 0 Å². The van der Waals surface area contributed by atoms with Gasteiger partial charge < -0.3 is 4.74 Å². The molecule has 0 heterocycles. The molecule has 0 fully saturated rings. The number of aldehydes is 1. The Labute approximate surface area is 121 Å². The van der Waals surface area contributed by atoms with Gasteiger partial charge in [0.25, 0.3) is 5.69 Å². The third-order valence-corrected chi connectivity index (χ3v) is 2.94. The Morgan fingerprint density at radius 2 is 1.95 bits per heavy atom. The van der Waals surface area contributed by atoms with Gasteiger partial charge in [-0.15, -0.1) is 0 Å². The van der Waals surface area contributed by atoms with Gasteiger partial charge in [-0.3, -0.25) is 14.9 Å². The molecule has 0 aliphatic carbocycles. The van der Waals surface area contributed by atoms with Gasteiger partial charge in [0.1, 0.15) is 5.75 Å².